The molecule has 2 saturated carbocycles. The molecule has 0 heterocycles. The highest BCUT2D eigenvalue weighted by Gasteiger charge is 2.62. The Balaban J connectivity index is 1.81. The lowest BCUT2D eigenvalue weighted by atomic mass is 9.51. The highest BCUT2D eigenvalue weighted by Crippen LogP contribution is 2.65. The third-order valence-corrected chi connectivity index (χ3v) is 8.17. The molecule has 154 valence electrons. The first-order chi connectivity index (χ1) is 13.6. The van der Waals surface area contributed by atoms with Gasteiger partial charge in [-0.2, -0.15) is 0 Å². The fourth-order valence-electron chi connectivity index (χ4n) is 6.87. The van der Waals surface area contributed by atoms with E-state index in [1.54, 1.807) is 13.0 Å². The van der Waals surface area contributed by atoms with E-state index in [0.717, 1.165) is 36.8 Å². The van der Waals surface area contributed by atoms with Gasteiger partial charge in [-0.15, -0.1) is 6.42 Å². The van der Waals surface area contributed by atoms with Gasteiger partial charge in [-0.05, 0) is 86.0 Å². The Labute approximate surface area is 173 Å². The monoisotopic (exact) mass is 394 g/mol. The van der Waals surface area contributed by atoms with Crippen LogP contribution in [0.25, 0.3) is 0 Å². The maximum Gasteiger partial charge on any atom is 0.308 e. The van der Waals surface area contributed by atoms with Crippen LogP contribution in [-0.4, -0.2) is 22.5 Å². The quantitative estimate of drug-likeness (QED) is 0.352. The molecule has 4 nitrogen and oxygen atoms in total. The van der Waals surface area contributed by atoms with E-state index >= 15 is 0 Å². The number of fused-ring (bicyclic) bond motifs is 5. The number of carbonyl (C=O) groups is 2. The topological polar surface area (TPSA) is 63.6 Å². The van der Waals surface area contributed by atoms with Crippen molar-refractivity contribution in [1.29, 1.82) is 0 Å². The normalized spacial score (nSPS) is 37.7. The highest BCUT2D eigenvalue weighted by atomic mass is 16.5. The summed E-state index contributed by atoms with van der Waals surface area (Å²) in [7, 11) is 0. The zero-order valence-electron chi connectivity index (χ0n) is 17.7. The summed E-state index contributed by atoms with van der Waals surface area (Å²) in [6.45, 7) is 7.39. The second-order valence-electron chi connectivity index (χ2n) is 9.66. The van der Waals surface area contributed by atoms with Crippen molar-refractivity contribution < 1.29 is 19.4 Å². The average Bonchev–Trinajstić information content (AvgIpc) is 2.92. The first-order valence-electron chi connectivity index (χ1n) is 10.7. The van der Waals surface area contributed by atoms with E-state index in [2.05, 4.69) is 19.8 Å². The second kappa shape index (κ2) is 6.71. The SMILES string of the molecule is C#C[C@]1(O)CC[C@H]2[C@@H]3[C@H](C)Cc4cc(OC(C)=O)cc(C(C)=O)c4[C@H]3CC[C@@]21C. The molecule has 1 aromatic rings. The van der Waals surface area contributed by atoms with E-state index in [1.807, 2.05) is 6.07 Å². The van der Waals surface area contributed by atoms with Crippen molar-refractivity contribution in [3.05, 3.63) is 28.8 Å². The smallest absolute Gasteiger partial charge is 0.308 e. The molecular weight excluding hydrogens is 364 g/mol. The van der Waals surface area contributed by atoms with Crippen molar-refractivity contribution in [2.45, 2.75) is 71.3 Å². The van der Waals surface area contributed by atoms with Gasteiger partial charge in [-0.25, -0.2) is 0 Å². The Morgan fingerprint density at radius 1 is 1.24 bits per heavy atom. The number of benzene rings is 1. The van der Waals surface area contributed by atoms with Crippen LogP contribution >= 0.6 is 0 Å². The number of carbonyl (C=O) groups excluding carboxylic acids is 2. The maximum atomic E-state index is 12.5. The molecule has 1 N–H and O–H groups in total. The summed E-state index contributed by atoms with van der Waals surface area (Å²) in [5.74, 6) is 4.21. The summed E-state index contributed by atoms with van der Waals surface area (Å²) in [6, 6.07) is 3.67. The molecule has 4 heteroatoms. The van der Waals surface area contributed by atoms with Gasteiger partial charge in [0, 0.05) is 17.9 Å². The van der Waals surface area contributed by atoms with Crippen molar-refractivity contribution >= 4 is 11.8 Å². The number of ketones is 1. The highest BCUT2D eigenvalue weighted by molar-refractivity contribution is 5.97. The van der Waals surface area contributed by atoms with Crippen LogP contribution in [0.2, 0.25) is 0 Å². The molecule has 0 unspecified atom stereocenters. The molecule has 0 spiro atoms. The van der Waals surface area contributed by atoms with Crippen LogP contribution in [0.15, 0.2) is 12.1 Å². The number of Topliss-reactive ketones (excluding diaryl/α,β-unsaturated/α-hetero) is 1. The third kappa shape index (κ3) is 2.86. The minimum Gasteiger partial charge on any atom is -0.427 e. The predicted molar refractivity (Wildman–Crippen MR) is 111 cm³/mol. The van der Waals surface area contributed by atoms with Gasteiger partial charge in [0.05, 0.1) is 0 Å². The molecule has 3 aliphatic carbocycles. The minimum atomic E-state index is -1.04. The lowest BCUT2D eigenvalue weighted by Gasteiger charge is -2.54. The molecule has 0 amide bonds. The standard InChI is InChI=1S/C25H30O4/c1-6-25(28)10-8-21-22-14(2)11-17-12-18(29-16(4)27)13-20(15(3)26)23(17)19(22)7-9-24(21,25)5/h1,12-14,19,21-22,28H,7-11H2,2-5H3/t14-,19+,21+,22-,24+,25+/m1/s1. The Morgan fingerprint density at radius 2 is 1.97 bits per heavy atom. The summed E-state index contributed by atoms with van der Waals surface area (Å²) < 4.78 is 5.32. The summed E-state index contributed by atoms with van der Waals surface area (Å²) in [4.78, 5) is 24.0. The summed E-state index contributed by atoms with van der Waals surface area (Å²) >= 11 is 0. The van der Waals surface area contributed by atoms with Gasteiger partial charge in [-0.1, -0.05) is 19.8 Å². The second-order valence-corrected chi connectivity index (χ2v) is 9.66. The molecule has 0 aliphatic heterocycles. The lowest BCUT2D eigenvalue weighted by molar-refractivity contribution is -0.131. The Kier molecular flexibility index (Phi) is 4.66. The van der Waals surface area contributed by atoms with Gasteiger partial charge in [-0.3, -0.25) is 9.59 Å². The molecule has 0 radical (unpaired) electrons. The number of hydrogen-bond donors (Lipinski definition) is 1. The number of hydrogen-bond acceptors (Lipinski definition) is 4. The molecule has 1 aromatic carbocycles. The van der Waals surface area contributed by atoms with Gasteiger partial charge in [0.1, 0.15) is 11.4 Å². The van der Waals surface area contributed by atoms with Gasteiger partial charge in [0.25, 0.3) is 0 Å². The van der Waals surface area contributed by atoms with Crippen LogP contribution in [0.3, 0.4) is 0 Å². The van der Waals surface area contributed by atoms with Crippen molar-refractivity contribution in [3.63, 3.8) is 0 Å². The fourth-order valence-corrected chi connectivity index (χ4v) is 6.87. The summed E-state index contributed by atoms with van der Waals surface area (Å²) in [5, 5.41) is 11.2. The minimum absolute atomic E-state index is 0.00319. The van der Waals surface area contributed by atoms with Gasteiger partial charge >= 0.3 is 5.97 Å². The summed E-state index contributed by atoms with van der Waals surface area (Å²) in [5.41, 5.74) is 1.62. The number of terminal acetylenes is 1. The number of rotatable bonds is 2. The van der Waals surface area contributed by atoms with E-state index in [1.165, 1.54) is 6.92 Å². The van der Waals surface area contributed by atoms with Crippen molar-refractivity contribution in [2.24, 2.45) is 23.2 Å². The molecule has 4 rings (SSSR count). The van der Waals surface area contributed by atoms with Crippen molar-refractivity contribution in [1.82, 2.24) is 0 Å². The van der Waals surface area contributed by atoms with Gasteiger partial charge < -0.3 is 9.84 Å². The largest absolute Gasteiger partial charge is 0.427 e. The van der Waals surface area contributed by atoms with E-state index in [-0.39, 0.29) is 23.1 Å². The van der Waals surface area contributed by atoms with Crippen LogP contribution in [0.4, 0.5) is 0 Å². The maximum absolute atomic E-state index is 12.5. The van der Waals surface area contributed by atoms with Gasteiger partial charge in [0.15, 0.2) is 5.78 Å². The number of aliphatic hydroxyl groups is 1. The van der Waals surface area contributed by atoms with Crippen LogP contribution in [0, 0.1) is 35.5 Å². The lowest BCUT2D eigenvalue weighted by Crippen LogP contribution is -2.51. The molecular formula is C25H30O4. The molecule has 0 bridgehead atoms. The molecule has 3 aliphatic rings. The van der Waals surface area contributed by atoms with Crippen LogP contribution in [0.1, 0.15) is 80.8 Å². The number of esters is 1. The zero-order valence-corrected chi connectivity index (χ0v) is 17.7. The molecule has 29 heavy (non-hydrogen) atoms. The summed E-state index contributed by atoms with van der Waals surface area (Å²) in [6.07, 6.45) is 9.96. The fraction of sp³-hybridized carbons (Fsp3) is 0.600. The molecule has 6 atom stereocenters. The van der Waals surface area contributed by atoms with Crippen molar-refractivity contribution in [2.75, 3.05) is 0 Å². The number of ether oxygens (including phenoxy) is 1. The first kappa shape index (κ1) is 20.2. The first-order valence-corrected chi connectivity index (χ1v) is 10.7. The molecule has 0 saturated heterocycles. The Bertz CT molecular complexity index is 925. The molecule has 2 fully saturated rings. The predicted octanol–water partition coefficient (Wildman–Crippen LogP) is 4.28. The third-order valence-electron chi connectivity index (χ3n) is 8.17. The average molecular weight is 395 g/mol. The van der Waals surface area contributed by atoms with E-state index < -0.39 is 5.60 Å². The molecule has 0 aromatic heterocycles. The van der Waals surface area contributed by atoms with Crippen LogP contribution in [0.5, 0.6) is 5.75 Å². The Morgan fingerprint density at radius 3 is 2.59 bits per heavy atom. The van der Waals surface area contributed by atoms with E-state index in [9.17, 15) is 14.7 Å². The van der Waals surface area contributed by atoms with E-state index in [4.69, 9.17) is 11.2 Å². The van der Waals surface area contributed by atoms with E-state index in [0.29, 0.717) is 35.5 Å². The van der Waals surface area contributed by atoms with Crippen molar-refractivity contribution in [3.8, 4) is 18.1 Å². The van der Waals surface area contributed by atoms with Crippen LogP contribution < -0.4 is 4.74 Å². The zero-order chi connectivity index (χ0) is 21.1. The Hall–Kier alpha value is -2.12. The van der Waals surface area contributed by atoms with Gasteiger partial charge in [0.2, 0.25) is 0 Å². The van der Waals surface area contributed by atoms with Crippen LogP contribution in [-0.2, 0) is 11.2 Å².